The van der Waals surface area contributed by atoms with Crippen LogP contribution in [0.2, 0.25) is 0 Å². The second-order valence-corrected chi connectivity index (χ2v) is 5.40. The Hall–Kier alpha value is -1.39. The SMILES string of the molecule is C=C1C(=O)O[C@H]2C/C(C)=C\C[C@@H](O)/C(C)=C\[C@H](O)[C@H]12. The van der Waals surface area contributed by atoms with Crippen LogP contribution >= 0.6 is 0 Å². The first-order valence-corrected chi connectivity index (χ1v) is 6.50. The summed E-state index contributed by atoms with van der Waals surface area (Å²) in [5, 5.41) is 20.2. The van der Waals surface area contributed by atoms with Crippen molar-refractivity contribution in [2.75, 3.05) is 0 Å². The molecule has 2 N–H and O–H groups in total. The van der Waals surface area contributed by atoms with E-state index in [0.717, 1.165) is 5.57 Å². The highest BCUT2D eigenvalue weighted by atomic mass is 16.6. The minimum Gasteiger partial charge on any atom is -0.458 e. The number of hydrogen-bond donors (Lipinski definition) is 2. The van der Waals surface area contributed by atoms with Gasteiger partial charge in [0.05, 0.1) is 18.1 Å². The van der Waals surface area contributed by atoms with Gasteiger partial charge in [-0.2, -0.15) is 0 Å². The summed E-state index contributed by atoms with van der Waals surface area (Å²) in [7, 11) is 0. The smallest absolute Gasteiger partial charge is 0.334 e. The third kappa shape index (κ3) is 2.80. The zero-order valence-electron chi connectivity index (χ0n) is 11.3. The van der Waals surface area contributed by atoms with Crippen LogP contribution in [-0.2, 0) is 9.53 Å². The molecule has 1 aliphatic carbocycles. The third-order valence-corrected chi connectivity index (χ3v) is 3.86. The van der Waals surface area contributed by atoms with E-state index in [1.807, 2.05) is 13.0 Å². The number of carbonyl (C=O) groups is 1. The van der Waals surface area contributed by atoms with E-state index in [4.69, 9.17) is 4.74 Å². The topological polar surface area (TPSA) is 66.8 Å². The lowest BCUT2D eigenvalue weighted by Crippen LogP contribution is -2.29. The number of esters is 1. The molecule has 0 amide bonds. The summed E-state index contributed by atoms with van der Waals surface area (Å²) in [5.41, 5.74) is 2.05. The van der Waals surface area contributed by atoms with E-state index in [1.54, 1.807) is 13.0 Å². The van der Waals surface area contributed by atoms with E-state index in [9.17, 15) is 15.0 Å². The van der Waals surface area contributed by atoms with Crippen LogP contribution in [0.4, 0.5) is 0 Å². The normalized spacial score (nSPS) is 41.7. The first-order chi connectivity index (χ1) is 8.90. The minimum atomic E-state index is -0.857. The quantitative estimate of drug-likeness (QED) is 0.395. The lowest BCUT2D eigenvalue weighted by Gasteiger charge is -2.24. The molecule has 0 aromatic rings. The predicted molar refractivity (Wildman–Crippen MR) is 71.3 cm³/mol. The Kier molecular flexibility index (Phi) is 3.92. The van der Waals surface area contributed by atoms with Gasteiger partial charge in [-0.15, -0.1) is 0 Å². The van der Waals surface area contributed by atoms with Crippen LogP contribution in [0.5, 0.6) is 0 Å². The van der Waals surface area contributed by atoms with Gasteiger partial charge in [-0.3, -0.25) is 0 Å². The van der Waals surface area contributed by atoms with Crippen LogP contribution in [0.15, 0.2) is 35.5 Å². The Bertz CT molecular complexity index is 461. The summed E-state index contributed by atoms with van der Waals surface area (Å²) < 4.78 is 5.28. The van der Waals surface area contributed by atoms with Gasteiger partial charge in [0.15, 0.2) is 0 Å². The molecule has 0 aromatic heterocycles. The van der Waals surface area contributed by atoms with Gasteiger partial charge in [-0.1, -0.05) is 24.3 Å². The van der Waals surface area contributed by atoms with Gasteiger partial charge in [0.2, 0.25) is 0 Å². The molecule has 1 fully saturated rings. The molecule has 2 aliphatic rings. The fourth-order valence-electron chi connectivity index (χ4n) is 2.63. The van der Waals surface area contributed by atoms with E-state index < -0.39 is 24.1 Å². The standard InChI is InChI=1S/C15H20O4/c1-8-4-5-11(16)9(2)7-12(17)14-10(3)15(18)19-13(14)6-8/h4,7,11-14,16-17H,3,5-6H2,1-2H3/b8-4-,9-7-/t11-,12+,13+,14+/m1/s1. The molecule has 4 atom stereocenters. The molecule has 0 radical (unpaired) electrons. The first-order valence-electron chi connectivity index (χ1n) is 6.50. The predicted octanol–water partition coefficient (Wildman–Crippen LogP) is 1.49. The fourth-order valence-corrected chi connectivity index (χ4v) is 2.63. The molecular formula is C15H20O4. The Balaban J connectivity index is 2.36. The average Bonchev–Trinajstić information content (AvgIpc) is 2.60. The Morgan fingerprint density at radius 3 is 2.74 bits per heavy atom. The van der Waals surface area contributed by atoms with Crippen LogP contribution in [0.1, 0.15) is 26.7 Å². The van der Waals surface area contributed by atoms with Crippen LogP contribution in [0.25, 0.3) is 0 Å². The maximum absolute atomic E-state index is 11.6. The molecule has 0 saturated carbocycles. The molecule has 1 aliphatic heterocycles. The number of aliphatic hydroxyl groups is 2. The van der Waals surface area contributed by atoms with E-state index in [-0.39, 0.29) is 6.10 Å². The highest BCUT2D eigenvalue weighted by molar-refractivity contribution is 5.91. The summed E-state index contributed by atoms with van der Waals surface area (Å²) >= 11 is 0. The van der Waals surface area contributed by atoms with Gasteiger partial charge >= 0.3 is 5.97 Å². The number of hydrogen-bond acceptors (Lipinski definition) is 4. The van der Waals surface area contributed by atoms with Crippen molar-refractivity contribution in [3.05, 3.63) is 35.5 Å². The number of ether oxygens (including phenoxy) is 1. The average molecular weight is 264 g/mol. The fraction of sp³-hybridized carbons (Fsp3) is 0.533. The molecule has 0 bridgehead atoms. The molecular weight excluding hydrogens is 244 g/mol. The maximum atomic E-state index is 11.6. The second-order valence-electron chi connectivity index (χ2n) is 5.40. The second kappa shape index (κ2) is 5.31. The zero-order valence-corrected chi connectivity index (χ0v) is 11.3. The molecule has 104 valence electrons. The Labute approximate surface area is 113 Å². The summed E-state index contributed by atoms with van der Waals surface area (Å²) in [5.74, 6) is -0.871. The van der Waals surface area contributed by atoms with Crippen LogP contribution in [0.3, 0.4) is 0 Å². The van der Waals surface area contributed by atoms with Crippen molar-refractivity contribution in [3.63, 3.8) is 0 Å². The van der Waals surface area contributed by atoms with Gasteiger partial charge in [0, 0.05) is 12.0 Å². The summed E-state index contributed by atoms with van der Waals surface area (Å²) in [6.45, 7) is 7.43. The molecule has 0 aromatic carbocycles. The van der Waals surface area contributed by atoms with Crippen molar-refractivity contribution in [2.45, 2.75) is 45.0 Å². The molecule has 2 rings (SSSR count). The molecule has 4 heteroatoms. The van der Waals surface area contributed by atoms with E-state index in [2.05, 4.69) is 6.58 Å². The van der Waals surface area contributed by atoms with Gasteiger partial charge in [-0.05, 0) is 25.8 Å². The van der Waals surface area contributed by atoms with Crippen molar-refractivity contribution in [1.82, 2.24) is 0 Å². The first kappa shape index (κ1) is 14.0. The zero-order chi connectivity index (χ0) is 14.2. The number of aliphatic hydroxyl groups excluding tert-OH is 2. The monoisotopic (exact) mass is 264 g/mol. The van der Waals surface area contributed by atoms with Gasteiger partial charge in [-0.25, -0.2) is 4.79 Å². The van der Waals surface area contributed by atoms with Gasteiger partial charge < -0.3 is 14.9 Å². The highest BCUT2D eigenvalue weighted by Crippen LogP contribution is 2.35. The van der Waals surface area contributed by atoms with Gasteiger partial charge in [0.1, 0.15) is 6.10 Å². The largest absolute Gasteiger partial charge is 0.458 e. The van der Waals surface area contributed by atoms with Crippen molar-refractivity contribution < 1.29 is 19.7 Å². The van der Waals surface area contributed by atoms with Gasteiger partial charge in [0.25, 0.3) is 0 Å². The van der Waals surface area contributed by atoms with Crippen molar-refractivity contribution >= 4 is 5.97 Å². The summed E-state index contributed by atoms with van der Waals surface area (Å²) in [6.07, 6.45) is 2.79. The van der Waals surface area contributed by atoms with E-state index in [1.165, 1.54) is 0 Å². The number of fused-ring (bicyclic) bond motifs is 1. The molecule has 19 heavy (non-hydrogen) atoms. The molecule has 4 nitrogen and oxygen atoms in total. The molecule has 0 unspecified atom stereocenters. The third-order valence-electron chi connectivity index (χ3n) is 3.86. The van der Waals surface area contributed by atoms with Crippen molar-refractivity contribution in [2.24, 2.45) is 5.92 Å². The van der Waals surface area contributed by atoms with Crippen LogP contribution in [-0.4, -0.2) is 34.5 Å². The van der Waals surface area contributed by atoms with Crippen LogP contribution < -0.4 is 0 Å². The Morgan fingerprint density at radius 2 is 2.05 bits per heavy atom. The summed E-state index contributed by atoms with van der Waals surface area (Å²) in [6, 6.07) is 0. The van der Waals surface area contributed by atoms with Crippen molar-refractivity contribution in [3.8, 4) is 0 Å². The summed E-state index contributed by atoms with van der Waals surface area (Å²) in [4.78, 5) is 11.6. The van der Waals surface area contributed by atoms with Crippen molar-refractivity contribution in [1.29, 1.82) is 0 Å². The molecule has 1 heterocycles. The minimum absolute atomic E-state index is 0.310. The van der Waals surface area contributed by atoms with Crippen LogP contribution in [0, 0.1) is 5.92 Å². The number of carbonyl (C=O) groups excluding carboxylic acids is 1. The Morgan fingerprint density at radius 1 is 1.37 bits per heavy atom. The highest BCUT2D eigenvalue weighted by Gasteiger charge is 2.42. The van der Waals surface area contributed by atoms with E-state index in [0.29, 0.717) is 24.0 Å². The lowest BCUT2D eigenvalue weighted by atomic mass is 9.85. The molecule has 1 saturated heterocycles. The number of rotatable bonds is 0. The maximum Gasteiger partial charge on any atom is 0.334 e. The molecule has 0 spiro atoms. The lowest BCUT2D eigenvalue weighted by molar-refractivity contribution is -0.139. The van der Waals surface area contributed by atoms with E-state index >= 15 is 0 Å².